The van der Waals surface area contributed by atoms with Gasteiger partial charge < -0.3 is 0 Å². The highest BCUT2D eigenvalue weighted by Gasteiger charge is 2.34. The minimum absolute atomic E-state index is 0.585. The predicted molar refractivity (Wildman–Crippen MR) is 161 cm³/mol. The van der Waals surface area contributed by atoms with Crippen molar-refractivity contribution in [1.82, 2.24) is 0 Å². The average Bonchev–Trinajstić information content (AvgIpc) is 2.60. The summed E-state index contributed by atoms with van der Waals surface area (Å²) >= 11 is 57.7. The summed E-state index contributed by atoms with van der Waals surface area (Å²) in [5.74, 6) is 0. The van der Waals surface area contributed by atoms with Gasteiger partial charge in [0, 0.05) is 0 Å². The molecule has 0 saturated heterocycles. The van der Waals surface area contributed by atoms with Gasteiger partial charge in [-0.3, -0.25) is 0 Å². The maximum Gasteiger partial charge on any atom is 0.341 e. The van der Waals surface area contributed by atoms with Gasteiger partial charge in [0.25, 0.3) is 6.69 Å². The van der Waals surface area contributed by atoms with Gasteiger partial charge in [-0.2, -0.15) is 22.2 Å². The average molecular weight is 693 g/mol. The molecule has 0 aromatic carbocycles. The molecule has 0 aliphatic heterocycles. The van der Waals surface area contributed by atoms with Gasteiger partial charge in [-0.05, 0) is 36.6 Å². The molecule has 0 heterocycles. The van der Waals surface area contributed by atoms with Crippen molar-refractivity contribution in [2.75, 3.05) is 0 Å². The molecule has 0 aromatic rings. The molecule has 0 rings (SSSR count). The molecule has 30 heavy (non-hydrogen) atoms. The maximum atomic E-state index is 6.27. The lowest BCUT2D eigenvalue weighted by Gasteiger charge is -2.18. The van der Waals surface area contributed by atoms with Crippen molar-refractivity contribution >= 4 is 137 Å². The van der Waals surface area contributed by atoms with E-state index in [1.54, 1.807) is 0 Å². The van der Waals surface area contributed by atoms with E-state index in [1.807, 2.05) is 6.08 Å². The van der Waals surface area contributed by atoms with Crippen molar-refractivity contribution in [2.24, 2.45) is 0 Å². The third kappa shape index (κ3) is 41.7. The van der Waals surface area contributed by atoms with Crippen LogP contribution in [0.2, 0.25) is 30.2 Å². The van der Waals surface area contributed by atoms with Gasteiger partial charge in [0.1, 0.15) is 0 Å². The van der Waals surface area contributed by atoms with Gasteiger partial charge in [-0.15, -0.1) is 95.2 Å². The first-order chi connectivity index (χ1) is 13.6. The van der Waals surface area contributed by atoms with Crippen LogP contribution in [-0.2, 0) is 0 Å². The van der Waals surface area contributed by atoms with Crippen LogP contribution in [0.1, 0.15) is 58.8 Å². The Balaban J connectivity index is -0.000000411. The van der Waals surface area contributed by atoms with Crippen LogP contribution in [0.15, 0.2) is 12.7 Å². The molecule has 184 valence electrons. The van der Waals surface area contributed by atoms with Crippen LogP contribution in [0.4, 0.5) is 0 Å². The van der Waals surface area contributed by atoms with Gasteiger partial charge in [0.05, 0.1) is 0 Å². The number of unbranched alkanes of at least 4 members (excludes halogenated alkanes) is 5. The second-order valence-electron chi connectivity index (χ2n) is 6.76. The number of allylic oxidation sites excluding steroid dienone is 1. The molecule has 0 nitrogen and oxygen atoms in total. The Morgan fingerprint density at radius 3 is 1.47 bits per heavy atom. The zero-order chi connectivity index (χ0) is 24.3. The molecule has 0 radical (unpaired) electrons. The number of rotatable bonds is 14. The molecular formula is C16H34Cl10Si4. The molecule has 0 aliphatic carbocycles. The zero-order valence-corrected chi connectivity index (χ0v) is 29.3. The van der Waals surface area contributed by atoms with E-state index in [0.29, 0.717) is 24.2 Å². The largest absolute Gasteiger partial charge is 0.341 e. The monoisotopic (exact) mass is 688 g/mol. The van der Waals surface area contributed by atoms with Gasteiger partial charge in [-0.1, -0.05) is 58.4 Å². The standard InChI is InChI=1S/C8H17Cl5Si2.C6H12.C2H5Cl5Si2/c1-2-3-4-5-6-14(9,10)7-8-15(11,12)13;1-3-5-6-4-2;3-8(4)1-2-9(5,6)7/h2-8H2,1H3;3H,1,4-6H2,2H3;8H,1-2H2. The smallest absolute Gasteiger partial charge is 0.150 e. The molecule has 0 fully saturated rings. The van der Waals surface area contributed by atoms with Crippen LogP contribution in [0, 0.1) is 0 Å². The fourth-order valence-corrected chi connectivity index (χ4v) is 17.6. The summed E-state index contributed by atoms with van der Waals surface area (Å²) in [5.41, 5.74) is 0. The number of hydrogen-bond acceptors (Lipinski definition) is 0. The van der Waals surface area contributed by atoms with Crippen molar-refractivity contribution in [3.63, 3.8) is 0 Å². The zero-order valence-electron chi connectivity index (χ0n) is 17.6. The molecule has 0 aliphatic rings. The van der Waals surface area contributed by atoms with E-state index in [-0.39, 0.29) is 0 Å². The quantitative estimate of drug-likeness (QED) is 0.0736. The maximum absolute atomic E-state index is 6.27. The van der Waals surface area contributed by atoms with Gasteiger partial charge in [0.2, 0.25) is 7.42 Å². The van der Waals surface area contributed by atoms with E-state index >= 15 is 0 Å². The van der Waals surface area contributed by atoms with E-state index in [9.17, 15) is 0 Å². The fraction of sp³-hybridized carbons (Fsp3) is 0.875. The lowest BCUT2D eigenvalue weighted by molar-refractivity contribution is 0.698. The Bertz CT molecular complexity index is 387. The Kier molecular flexibility index (Phi) is 29.1. The summed E-state index contributed by atoms with van der Waals surface area (Å²) < 4.78 is 0. The van der Waals surface area contributed by atoms with Crippen molar-refractivity contribution in [3.05, 3.63) is 12.7 Å². The van der Waals surface area contributed by atoms with Crippen molar-refractivity contribution < 1.29 is 0 Å². The normalized spacial score (nSPS) is 12.0. The molecule has 0 N–H and O–H groups in total. The molecule has 0 atom stereocenters. The topological polar surface area (TPSA) is 0 Å². The van der Waals surface area contributed by atoms with Gasteiger partial charge >= 0.3 is 12.0 Å². The van der Waals surface area contributed by atoms with Crippen LogP contribution < -0.4 is 0 Å². The van der Waals surface area contributed by atoms with Gasteiger partial charge in [0.15, 0.2) is 0 Å². The SMILES string of the molecule is C=CCCCC.CCCCCC[Si](Cl)(Cl)CC[Si](Cl)(Cl)Cl.Cl[SiH](Cl)CC[Si](Cl)(Cl)Cl. The lowest BCUT2D eigenvalue weighted by Crippen LogP contribution is -2.22. The Morgan fingerprint density at radius 2 is 1.17 bits per heavy atom. The molecule has 0 aromatic heterocycles. The third-order valence-electron chi connectivity index (χ3n) is 3.58. The number of halogens is 10. The Hall–Kier alpha value is 3.51. The minimum atomic E-state index is -2.54. The van der Waals surface area contributed by atoms with Crippen molar-refractivity contribution in [2.45, 2.75) is 89.0 Å². The Morgan fingerprint density at radius 1 is 0.667 bits per heavy atom. The molecular weight excluding hydrogens is 659 g/mol. The van der Waals surface area contributed by atoms with E-state index in [0.717, 1.165) is 12.5 Å². The molecule has 0 unspecified atom stereocenters. The molecule has 0 saturated carbocycles. The highest BCUT2D eigenvalue weighted by molar-refractivity contribution is 7.65. The van der Waals surface area contributed by atoms with E-state index < -0.39 is 26.1 Å². The summed E-state index contributed by atoms with van der Waals surface area (Å²) in [4.78, 5) is 0. The summed E-state index contributed by atoms with van der Waals surface area (Å²) in [5, 5.41) is 0. The first-order valence-corrected chi connectivity index (χ1v) is 29.2. The Labute approximate surface area is 236 Å². The minimum Gasteiger partial charge on any atom is -0.150 e. The lowest BCUT2D eigenvalue weighted by atomic mass is 10.2. The highest BCUT2D eigenvalue weighted by Crippen LogP contribution is 2.36. The fourth-order valence-electron chi connectivity index (χ4n) is 1.88. The van der Waals surface area contributed by atoms with Gasteiger partial charge in [-0.25, -0.2) is 0 Å². The van der Waals surface area contributed by atoms with Crippen LogP contribution in [-0.4, -0.2) is 26.1 Å². The van der Waals surface area contributed by atoms with Crippen LogP contribution in [0.3, 0.4) is 0 Å². The van der Waals surface area contributed by atoms with Crippen LogP contribution in [0.5, 0.6) is 0 Å². The molecule has 0 bridgehead atoms. The molecule has 0 amide bonds. The molecule has 14 heteroatoms. The summed E-state index contributed by atoms with van der Waals surface area (Å²) in [6.07, 6.45) is 10.5. The van der Waals surface area contributed by atoms with E-state index in [4.69, 9.17) is 111 Å². The van der Waals surface area contributed by atoms with Crippen molar-refractivity contribution in [1.29, 1.82) is 0 Å². The molecule has 0 spiro atoms. The second-order valence-corrected chi connectivity index (χ2v) is 38.1. The first-order valence-electron chi connectivity index (χ1n) is 10.0. The van der Waals surface area contributed by atoms with Crippen LogP contribution in [0.25, 0.3) is 0 Å². The highest BCUT2D eigenvalue weighted by atomic mass is 35.8. The third-order valence-corrected chi connectivity index (χ3v) is 16.1. The van der Waals surface area contributed by atoms with E-state index in [1.165, 1.54) is 38.5 Å². The van der Waals surface area contributed by atoms with E-state index in [2.05, 4.69) is 20.4 Å². The second kappa shape index (κ2) is 22.9. The number of hydrogen-bond donors (Lipinski definition) is 0. The predicted octanol–water partition coefficient (Wildman–Crippen LogP) is 11.8. The van der Waals surface area contributed by atoms with Crippen molar-refractivity contribution in [3.8, 4) is 0 Å². The van der Waals surface area contributed by atoms with Crippen LogP contribution >= 0.6 is 111 Å². The summed E-state index contributed by atoms with van der Waals surface area (Å²) in [7, 11) is -1.54. The summed E-state index contributed by atoms with van der Waals surface area (Å²) in [6, 6.07) is -1.47. The summed E-state index contributed by atoms with van der Waals surface area (Å²) in [6.45, 7) is 5.83. The first kappa shape index (κ1) is 38.0.